The van der Waals surface area contributed by atoms with Gasteiger partial charge in [-0.05, 0) is 49.6 Å². The first-order valence-electron chi connectivity index (χ1n) is 14.8. The fourth-order valence-electron chi connectivity index (χ4n) is 5.38. The summed E-state index contributed by atoms with van der Waals surface area (Å²) in [5.74, 6) is 0.721. The highest BCUT2D eigenvalue weighted by Crippen LogP contribution is 2.41. The van der Waals surface area contributed by atoms with Gasteiger partial charge in [0.1, 0.15) is 5.82 Å². The molecule has 1 N–H and O–H groups in total. The van der Waals surface area contributed by atoms with E-state index in [0.29, 0.717) is 54.3 Å². The number of rotatable bonds is 11. The molecule has 1 aromatic carbocycles. The lowest BCUT2D eigenvalue weighted by Gasteiger charge is -2.39. The van der Waals surface area contributed by atoms with Gasteiger partial charge in [-0.2, -0.15) is 31.3 Å². The fraction of sp³-hybridized carbons (Fsp3) is 0.484. The van der Waals surface area contributed by atoms with Crippen molar-refractivity contribution in [2.24, 2.45) is 0 Å². The molecular weight excluding hydrogens is 634 g/mol. The van der Waals surface area contributed by atoms with Crippen LogP contribution in [0.3, 0.4) is 0 Å². The Labute approximate surface area is 268 Å². The van der Waals surface area contributed by atoms with E-state index in [4.69, 9.17) is 14.2 Å². The number of benzene rings is 1. The van der Waals surface area contributed by atoms with E-state index in [9.17, 15) is 31.1 Å². The normalized spacial score (nSPS) is 16.4. The van der Waals surface area contributed by atoms with Crippen LogP contribution in [0.1, 0.15) is 60.7 Å². The van der Waals surface area contributed by atoms with Gasteiger partial charge in [0, 0.05) is 51.0 Å². The molecule has 2 unspecified atom stereocenters. The minimum atomic E-state index is -4.98. The van der Waals surface area contributed by atoms with E-state index in [-0.39, 0.29) is 49.1 Å². The zero-order chi connectivity index (χ0) is 34.5. The van der Waals surface area contributed by atoms with Gasteiger partial charge >= 0.3 is 18.4 Å². The molecule has 1 aliphatic rings. The van der Waals surface area contributed by atoms with Crippen molar-refractivity contribution in [3.8, 4) is 5.88 Å². The Morgan fingerprint density at radius 1 is 1.04 bits per heavy atom. The number of carbonyl (C=O) groups is 1. The van der Waals surface area contributed by atoms with Crippen LogP contribution in [0.4, 0.5) is 48.6 Å². The number of nitrogens with one attached hydrogen (secondary N) is 1. The Morgan fingerprint density at radius 3 is 2.30 bits per heavy atom. The number of carbonyl (C=O) groups excluding carboxylic acids is 1. The number of likely N-dealkylation sites (N-methyl/N-ethyl adjacent to an activating group) is 1. The monoisotopic (exact) mass is 670 g/mol. The molecule has 256 valence electrons. The molecule has 10 nitrogen and oxygen atoms in total. The Balaban J connectivity index is 1.75. The molecule has 4 rings (SSSR count). The third-order valence-corrected chi connectivity index (χ3v) is 7.66. The van der Waals surface area contributed by atoms with Crippen LogP contribution in [0, 0.1) is 0 Å². The van der Waals surface area contributed by atoms with E-state index >= 15 is 0 Å². The molecule has 16 heteroatoms. The van der Waals surface area contributed by atoms with Crippen LogP contribution < -0.4 is 19.9 Å². The Bertz CT molecular complexity index is 1520. The summed E-state index contributed by atoms with van der Waals surface area (Å²) >= 11 is 0. The third kappa shape index (κ3) is 8.34. The molecule has 1 amide bonds. The van der Waals surface area contributed by atoms with Crippen LogP contribution in [-0.4, -0.2) is 68.1 Å². The minimum Gasteiger partial charge on any atom is -0.481 e. The number of anilines is 3. The molecule has 2 atom stereocenters. The third-order valence-electron chi connectivity index (χ3n) is 7.66. The number of methoxy groups -OCH3 is 2. The van der Waals surface area contributed by atoms with Crippen molar-refractivity contribution < 1.29 is 45.3 Å². The Morgan fingerprint density at radius 2 is 1.72 bits per heavy atom. The van der Waals surface area contributed by atoms with Crippen LogP contribution in [-0.2, 0) is 28.2 Å². The van der Waals surface area contributed by atoms with Gasteiger partial charge in [-0.3, -0.25) is 4.90 Å². The maximum atomic E-state index is 13.5. The highest BCUT2D eigenvalue weighted by Gasteiger charge is 2.39. The van der Waals surface area contributed by atoms with Crippen LogP contribution in [0.25, 0.3) is 0 Å². The molecule has 0 saturated heterocycles. The van der Waals surface area contributed by atoms with Gasteiger partial charge in [0.05, 0.1) is 48.9 Å². The van der Waals surface area contributed by atoms with Gasteiger partial charge < -0.3 is 24.4 Å². The van der Waals surface area contributed by atoms with Gasteiger partial charge in [0.25, 0.3) is 0 Å². The van der Waals surface area contributed by atoms with Crippen molar-refractivity contribution in [1.29, 1.82) is 0 Å². The maximum Gasteiger partial charge on any atom is 0.416 e. The predicted molar refractivity (Wildman–Crippen MR) is 162 cm³/mol. The van der Waals surface area contributed by atoms with Gasteiger partial charge in [0.2, 0.25) is 11.8 Å². The SMILES string of the molecule is CCOC(=O)N1c2ccc(OC)nc2C(Nc2ncc(Cc3cc(C(F)(F)F)cc(C(F)(F)F)c3)c(N(C)CCOC)n2)CC1CC. The first-order chi connectivity index (χ1) is 22.2. The summed E-state index contributed by atoms with van der Waals surface area (Å²) in [6, 6.07) is 4.05. The molecule has 0 bridgehead atoms. The average Bonchev–Trinajstić information content (AvgIpc) is 3.02. The summed E-state index contributed by atoms with van der Waals surface area (Å²) in [7, 11) is 4.63. The lowest BCUT2D eigenvalue weighted by molar-refractivity contribution is -0.143. The molecule has 1 aliphatic heterocycles. The number of pyridine rings is 1. The molecule has 3 heterocycles. The number of alkyl halides is 6. The summed E-state index contributed by atoms with van der Waals surface area (Å²) in [5.41, 5.74) is -1.73. The molecular formula is C31H36F6N6O4. The van der Waals surface area contributed by atoms with Gasteiger partial charge in [-0.25, -0.2) is 14.8 Å². The zero-order valence-electron chi connectivity index (χ0n) is 26.5. The van der Waals surface area contributed by atoms with E-state index in [0.717, 1.165) is 0 Å². The topological polar surface area (TPSA) is 102 Å². The largest absolute Gasteiger partial charge is 0.481 e. The second-order valence-corrected chi connectivity index (χ2v) is 10.9. The van der Waals surface area contributed by atoms with Crippen LogP contribution in [0.5, 0.6) is 5.88 Å². The van der Waals surface area contributed by atoms with E-state index < -0.39 is 35.6 Å². The number of hydrogen-bond acceptors (Lipinski definition) is 9. The number of hydrogen-bond donors (Lipinski definition) is 1. The summed E-state index contributed by atoms with van der Waals surface area (Å²) in [4.78, 5) is 29.8. The van der Waals surface area contributed by atoms with E-state index in [1.165, 1.54) is 20.4 Å². The summed E-state index contributed by atoms with van der Waals surface area (Å²) in [6.45, 7) is 4.41. The lowest BCUT2D eigenvalue weighted by atomic mass is 9.93. The number of halogens is 6. The average molecular weight is 671 g/mol. The Kier molecular flexibility index (Phi) is 11.0. The van der Waals surface area contributed by atoms with Gasteiger partial charge in [-0.15, -0.1) is 0 Å². The van der Waals surface area contributed by atoms with Crippen molar-refractivity contribution in [2.45, 2.75) is 57.5 Å². The zero-order valence-corrected chi connectivity index (χ0v) is 26.5. The van der Waals surface area contributed by atoms with Crippen LogP contribution in [0.15, 0.2) is 36.5 Å². The second kappa shape index (κ2) is 14.6. The molecule has 3 aromatic rings. The summed E-state index contributed by atoms with van der Waals surface area (Å²) in [5, 5.41) is 3.27. The highest BCUT2D eigenvalue weighted by molar-refractivity contribution is 5.90. The van der Waals surface area contributed by atoms with E-state index in [1.807, 2.05) is 6.92 Å². The lowest BCUT2D eigenvalue weighted by Crippen LogP contribution is -2.46. The fourth-order valence-corrected chi connectivity index (χ4v) is 5.38. The first-order valence-corrected chi connectivity index (χ1v) is 14.8. The van der Waals surface area contributed by atoms with Crippen LogP contribution in [0.2, 0.25) is 0 Å². The molecule has 0 fully saturated rings. The number of ether oxygens (including phenoxy) is 3. The Hall–Kier alpha value is -4.34. The first kappa shape index (κ1) is 35.5. The predicted octanol–water partition coefficient (Wildman–Crippen LogP) is 6.89. The highest BCUT2D eigenvalue weighted by atomic mass is 19.4. The van der Waals surface area contributed by atoms with E-state index in [1.54, 1.807) is 35.9 Å². The number of nitrogens with zero attached hydrogens (tertiary/aromatic N) is 5. The molecule has 0 radical (unpaired) electrons. The number of amides is 1. The van der Waals surface area contributed by atoms with Crippen molar-refractivity contribution in [1.82, 2.24) is 15.0 Å². The molecule has 47 heavy (non-hydrogen) atoms. The summed E-state index contributed by atoms with van der Waals surface area (Å²) < 4.78 is 97.1. The van der Waals surface area contributed by atoms with Gasteiger partial charge in [0.15, 0.2) is 0 Å². The minimum absolute atomic E-state index is 0.0936. The summed E-state index contributed by atoms with van der Waals surface area (Å²) in [6.07, 6.45) is -8.44. The van der Waals surface area contributed by atoms with Crippen molar-refractivity contribution in [2.75, 3.05) is 56.1 Å². The van der Waals surface area contributed by atoms with Crippen molar-refractivity contribution >= 4 is 23.5 Å². The number of aromatic nitrogens is 3. The van der Waals surface area contributed by atoms with Crippen LogP contribution >= 0.6 is 0 Å². The van der Waals surface area contributed by atoms with Crippen molar-refractivity contribution in [3.05, 3.63) is 64.5 Å². The van der Waals surface area contributed by atoms with E-state index in [2.05, 4.69) is 20.3 Å². The van der Waals surface area contributed by atoms with Gasteiger partial charge in [-0.1, -0.05) is 6.92 Å². The smallest absolute Gasteiger partial charge is 0.416 e. The molecule has 0 saturated carbocycles. The molecule has 0 spiro atoms. The maximum absolute atomic E-state index is 13.5. The second-order valence-electron chi connectivity index (χ2n) is 10.9. The molecule has 0 aliphatic carbocycles. The standard InChI is InChI=1S/C31H36F6N6O4/c1-6-22-16-23(26-24(8-9-25(40-26)46-5)43(22)29(44)47-7-2)39-28-38-17-19(27(41-28)42(3)10-11-45-4)12-18-13-20(30(32,33)34)15-21(14-18)31(35,36)37/h8-9,13-15,17,22-23H,6-7,10-12,16H2,1-5H3,(H,38,39,41). The number of fused-ring (bicyclic) bond motifs is 1. The van der Waals surface area contributed by atoms with Crippen molar-refractivity contribution in [3.63, 3.8) is 0 Å². The quantitative estimate of drug-likeness (QED) is 0.219. The molecule has 2 aromatic heterocycles.